The highest BCUT2D eigenvalue weighted by atomic mass is 19.2. The van der Waals surface area contributed by atoms with E-state index >= 15 is 0 Å². The van der Waals surface area contributed by atoms with Crippen LogP contribution in [0.5, 0.6) is 0 Å². The van der Waals surface area contributed by atoms with Crippen LogP contribution in [0.4, 0.5) is 24.5 Å². The number of amides is 1. The molecule has 2 aromatic carbocycles. The van der Waals surface area contributed by atoms with Crippen molar-refractivity contribution in [2.75, 3.05) is 11.1 Å². The number of carbonyl (C=O) groups is 1. The maximum Gasteiger partial charge on any atom is 0.255 e. The molecule has 0 aromatic heterocycles. The first-order valence-electron chi connectivity index (χ1n) is 5.71. The highest BCUT2D eigenvalue weighted by Gasteiger charge is 2.14. The SMILES string of the molecule is Cc1c(N)cc(C(=O)Nc2cccc(F)c2F)cc1F. The third-order valence-electron chi connectivity index (χ3n) is 2.85. The topological polar surface area (TPSA) is 55.1 Å². The van der Waals surface area contributed by atoms with Crippen molar-refractivity contribution in [2.24, 2.45) is 0 Å². The summed E-state index contributed by atoms with van der Waals surface area (Å²) in [5, 5.41) is 2.17. The molecule has 0 radical (unpaired) electrons. The third-order valence-corrected chi connectivity index (χ3v) is 2.85. The Morgan fingerprint density at radius 1 is 1.15 bits per heavy atom. The van der Waals surface area contributed by atoms with E-state index < -0.39 is 23.4 Å². The molecule has 0 unspecified atom stereocenters. The van der Waals surface area contributed by atoms with E-state index in [1.54, 1.807) is 0 Å². The number of halogens is 3. The monoisotopic (exact) mass is 280 g/mol. The van der Waals surface area contributed by atoms with Crippen LogP contribution >= 0.6 is 0 Å². The molecule has 3 nitrogen and oxygen atoms in total. The maximum atomic E-state index is 13.5. The number of anilines is 2. The highest BCUT2D eigenvalue weighted by Crippen LogP contribution is 2.20. The summed E-state index contributed by atoms with van der Waals surface area (Å²) in [5.74, 6) is -3.69. The van der Waals surface area contributed by atoms with Crippen LogP contribution in [0, 0.1) is 24.4 Å². The predicted molar refractivity (Wildman–Crippen MR) is 69.9 cm³/mol. The van der Waals surface area contributed by atoms with Crippen LogP contribution in [-0.4, -0.2) is 5.91 Å². The molecule has 0 aliphatic rings. The molecule has 0 bridgehead atoms. The zero-order valence-electron chi connectivity index (χ0n) is 10.5. The molecular weight excluding hydrogens is 269 g/mol. The average Bonchev–Trinajstić information content (AvgIpc) is 2.40. The first kappa shape index (κ1) is 13.9. The molecule has 0 aliphatic carbocycles. The largest absolute Gasteiger partial charge is 0.398 e. The summed E-state index contributed by atoms with van der Waals surface area (Å²) in [6.07, 6.45) is 0. The van der Waals surface area contributed by atoms with Gasteiger partial charge in [0.15, 0.2) is 11.6 Å². The number of benzene rings is 2. The van der Waals surface area contributed by atoms with Crippen molar-refractivity contribution >= 4 is 17.3 Å². The Kier molecular flexibility index (Phi) is 3.65. The Morgan fingerprint density at radius 3 is 2.50 bits per heavy atom. The Labute approximate surface area is 113 Å². The van der Waals surface area contributed by atoms with Crippen molar-refractivity contribution in [3.05, 3.63) is 58.9 Å². The number of nitrogens with one attached hydrogen (secondary N) is 1. The second-order valence-corrected chi connectivity index (χ2v) is 4.23. The summed E-state index contributed by atoms with van der Waals surface area (Å²) in [4.78, 5) is 11.9. The minimum atomic E-state index is -1.18. The molecule has 0 heterocycles. The number of hydrogen-bond donors (Lipinski definition) is 2. The summed E-state index contributed by atoms with van der Waals surface area (Å²) in [6.45, 7) is 1.47. The van der Waals surface area contributed by atoms with E-state index in [0.29, 0.717) is 0 Å². The number of hydrogen-bond acceptors (Lipinski definition) is 2. The summed E-state index contributed by atoms with van der Waals surface area (Å²) in [7, 11) is 0. The van der Waals surface area contributed by atoms with Gasteiger partial charge in [-0.15, -0.1) is 0 Å². The second-order valence-electron chi connectivity index (χ2n) is 4.23. The van der Waals surface area contributed by atoms with Crippen molar-refractivity contribution in [3.8, 4) is 0 Å². The van der Waals surface area contributed by atoms with E-state index in [1.807, 2.05) is 0 Å². The zero-order valence-corrected chi connectivity index (χ0v) is 10.5. The van der Waals surface area contributed by atoms with Gasteiger partial charge in [0.2, 0.25) is 0 Å². The van der Waals surface area contributed by atoms with Crippen LogP contribution in [0.3, 0.4) is 0 Å². The van der Waals surface area contributed by atoms with Gasteiger partial charge in [0.25, 0.3) is 5.91 Å². The van der Waals surface area contributed by atoms with Crippen LogP contribution in [0.15, 0.2) is 30.3 Å². The molecule has 0 aliphatic heterocycles. The predicted octanol–water partition coefficient (Wildman–Crippen LogP) is 3.25. The lowest BCUT2D eigenvalue weighted by atomic mass is 10.1. The van der Waals surface area contributed by atoms with Gasteiger partial charge < -0.3 is 11.1 Å². The molecule has 3 N–H and O–H groups in total. The lowest BCUT2D eigenvalue weighted by Gasteiger charge is -2.09. The minimum absolute atomic E-state index is 0.0748. The van der Waals surface area contributed by atoms with Gasteiger partial charge in [-0.2, -0.15) is 0 Å². The Bertz CT molecular complexity index is 663. The summed E-state index contributed by atoms with van der Waals surface area (Å²) in [6, 6.07) is 5.63. The number of rotatable bonds is 2. The molecule has 104 valence electrons. The lowest BCUT2D eigenvalue weighted by Crippen LogP contribution is -2.14. The number of carbonyl (C=O) groups excluding carboxylic acids is 1. The number of nitrogens with two attached hydrogens (primary N) is 1. The fraction of sp³-hybridized carbons (Fsp3) is 0.0714. The molecule has 0 fully saturated rings. The normalized spacial score (nSPS) is 10.4. The van der Waals surface area contributed by atoms with E-state index in [4.69, 9.17) is 5.73 Å². The summed E-state index contributed by atoms with van der Waals surface area (Å²) in [5.41, 5.74) is 5.48. The standard InChI is InChI=1S/C14H11F3N2O/c1-7-10(16)5-8(6-11(7)18)14(20)19-12-4-2-3-9(15)13(12)17/h2-6H,18H2,1H3,(H,19,20). The van der Waals surface area contributed by atoms with E-state index in [0.717, 1.165) is 12.1 Å². The van der Waals surface area contributed by atoms with Crippen LogP contribution in [0.2, 0.25) is 0 Å². The number of nitrogen functional groups attached to an aromatic ring is 1. The van der Waals surface area contributed by atoms with E-state index in [2.05, 4.69) is 5.32 Å². The quantitative estimate of drug-likeness (QED) is 0.830. The molecule has 0 spiro atoms. The van der Waals surface area contributed by atoms with Crippen LogP contribution in [-0.2, 0) is 0 Å². The smallest absolute Gasteiger partial charge is 0.255 e. The van der Waals surface area contributed by atoms with Crippen LogP contribution in [0.1, 0.15) is 15.9 Å². The van der Waals surface area contributed by atoms with Crippen LogP contribution < -0.4 is 11.1 Å². The van der Waals surface area contributed by atoms with E-state index in [1.165, 1.54) is 25.1 Å². The van der Waals surface area contributed by atoms with Crippen molar-refractivity contribution in [1.82, 2.24) is 0 Å². The molecule has 0 saturated carbocycles. The van der Waals surface area contributed by atoms with Crippen molar-refractivity contribution < 1.29 is 18.0 Å². The fourth-order valence-electron chi connectivity index (χ4n) is 1.63. The maximum absolute atomic E-state index is 13.5. The van der Waals surface area contributed by atoms with Gasteiger partial charge in [0, 0.05) is 16.8 Å². The molecule has 20 heavy (non-hydrogen) atoms. The van der Waals surface area contributed by atoms with Gasteiger partial charge in [-0.25, -0.2) is 13.2 Å². The van der Waals surface area contributed by atoms with Crippen molar-refractivity contribution in [2.45, 2.75) is 6.92 Å². The summed E-state index contributed by atoms with van der Waals surface area (Å²) < 4.78 is 39.9. The highest BCUT2D eigenvalue weighted by molar-refractivity contribution is 6.05. The second kappa shape index (κ2) is 5.24. The fourth-order valence-corrected chi connectivity index (χ4v) is 1.63. The van der Waals surface area contributed by atoms with Crippen molar-refractivity contribution in [3.63, 3.8) is 0 Å². The molecule has 6 heteroatoms. The van der Waals surface area contributed by atoms with Gasteiger partial charge >= 0.3 is 0 Å². The molecular formula is C14H11F3N2O. The third kappa shape index (κ3) is 2.59. The summed E-state index contributed by atoms with van der Waals surface area (Å²) >= 11 is 0. The first-order valence-corrected chi connectivity index (χ1v) is 5.71. The van der Waals surface area contributed by atoms with Gasteiger partial charge in [0.1, 0.15) is 5.82 Å². The van der Waals surface area contributed by atoms with E-state index in [9.17, 15) is 18.0 Å². The molecule has 2 aromatic rings. The molecule has 0 saturated heterocycles. The van der Waals surface area contributed by atoms with E-state index in [-0.39, 0.29) is 22.5 Å². The van der Waals surface area contributed by atoms with Gasteiger partial charge in [-0.3, -0.25) is 4.79 Å². The van der Waals surface area contributed by atoms with Gasteiger partial charge in [-0.05, 0) is 31.2 Å². The molecule has 2 rings (SSSR count). The average molecular weight is 280 g/mol. The molecule has 1 amide bonds. The molecule has 0 atom stereocenters. The van der Waals surface area contributed by atoms with Crippen LogP contribution in [0.25, 0.3) is 0 Å². The Morgan fingerprint density at radius 2 is 1.85 bits per heavy atom. The Hall–Kier alpha value is -2.50. The zero-order chi connectivity index (χ0) is 14.9. The Balaban J connectivity index is 2.31. The lowest BCUT2D eigenvalue weighted by molar-refractivity contribution is 0.102. The van der Waals surface area contributed by atoms with Gasteiger partial charge in [-0.1, -0.05) is 6.07 Å². The van der Waals surface area contributed by atoms with Gasteiger partial charge in [0.05, 0.1) is 5.69 Å². The first-order chi connectivity index (χ1) is 9.40. The minimum Gasteiger partial charge on any atom is -0.398 e. The van der Waals surface area contributed by atoms with Crippen molar-refractivity contribution in [1.29, 1.82) is 0 Å².